The molecule has 0 unspecified atom stereocenters. The molecule has 0 atom stereocenters. The van der Waals surface area contributed by atoms with Crippen LogP contribution in [-0.4, -0.2) is 25.3 Å². The summed E-state index contributed by atoms with van der Waals surface area (Å²) in [5, 5.41) is 0. The molecule has 4 aromatic rings. The second kappa shape index (κ2) is 8.22. The molecular weight excluding hydrogens is 508 g/mol. The van der Waals surface area contributed by atoms with Crippen LogP contribution in [0.25, 0.3) is 11.1 Å². The average molecular weight is 527 g/mol. The zero-order valence-electron chi connectivity index (χ0n) is 17.9. The zero-order chi connectivity index (χ0) is 24.8. The highest BCUT2D eigenvalue weighted by Gasteiger charge is 2.35. The third-order valence-corrected chi connectivity index (χ3v) is 10.0. The number of sulfone groups is 1. The van der Waals surface area contributed by atoms with Gasteiger partial charge in [0.2, 0.25) is 9.84 Å². The maximum Gasteiger partial charge on any atom is 0.261 e. The first-order valence-electron chi connectivity index (χ1n) is 10.3. The average Bonchev–Trinajstić information content (AvgIpc) is 3.06. The Morgan fingerprint density at radius 1 is 0.514 bits per heavy atom. The van der Waals surface area contributed by atoms with Crippen LogP contribution in [0.1, 0.15) is 0 Å². The molecule has 1 aliphatic rings. The smallest absolute Gasteiger partial charge is 0.261 e. The summed E-state index contributed by atoms with van der Waals surface area (Å²) in [7, 11) is -12.3. The summed E-state index contributed by atoms with van der Waals surface area (Å²) >= 11 is 0. The van der Waals surface area contributed by atoms with Crippen molar-refractivity contribution in [2.45, 2.75) is 19.6 Å². The summed E-state index contributed by atoms with van der Waals surface area (Å²) in [4.78, 5) is -0.854. The molecule has 8 nitrogen and oxygen atoms in total. The van der Waals surface area contributed by atoms with Gasteiger partial charge in [-0.25, -0.2) is 25.3 Å². The summed E-state index contributed by atoms with van der Waals surface area (Å²) < 4.78 is 82.9. The first-order chi connectivity index (χ1) is 16.6. The molecule has 0 radical (unpaired) electrons. The summed E-state index contributed by atoms with van der Waals surface area (Å²) in [5.41, 5.74) is 1.28. The topological polar surface area (TPSA) is 126 Å². The molecule has 0 saturated heterocycles. The lowest BCUT2D eigenvalue weighted by Crippen LogP contribution is -2.13. The quantitative estimate of drug-likeness (QED) is 0.343. The maximum absolute atomic E-state index is 13.3. The minimum atomic E-state index is -4.16. The standard InChI is InChI=1S/C24H18N2O6S3/c27-33(28)23-15-19(34(29,30)25-17-7-3-1-4-8-17)11-13-21(23)22-14-12-20(16-24(22)33)35(31,32)26-18-9-5-2-6-10-18/h1-16,25-26H. The molecule has 1 aliphatic heterocycles. The number of rotatable bonds is 6. The molecular formula is C24H18N2O6S3. The zero-order valence-corrected chi connectivity index (χ0v) is 20.4. The van der Waals surface area contributed by atoms with Gasteiger partial charge in [0.15, 0.2) is 0 Å². The van der Waals surface area contributed by atoms with E-state index in [0.29, 0.717) is 22.5 Å². The minimum Gasteiger partial charge on any atom is -0.280 e. The Hall–Kier alpha value is -3.67. The van der Waals surface area contributed by atoms with E-state index in [9.17, 15) is 25.3 Å². The van der Waals surface area contributed by atoms with Gasteiger partial charge in [-0.05, 0) is 48.5 Å². The molecule has 0 bridgehead atoms. The van der Waals surface area contributed by atoms with Gasteiger partial charge in [0.1, 0.15) is 0 Å². The van der Waals surface area contributed by atoms with Crippen LogP contribution in [0.15, 0.2) is 117 Å². The molecule has 0 aliphatic carbocycles. The second-order valence-corrected chi connectivity index (χ2v) is 13.0. The van der Waals surface area contributed by atoms with Crippen molar-refractivity contribution in [2.75, 3.05) is 9.44 Å². The molecule has 0 saturated carbocycles. The molecule has 1 heterocycles. The molecule has 35 heavy (non-hydrogen) atoms. The van der Waals surface area contributed by atoms with Crippen molar-refractivity contribution in [3.63, 3.8) is 0 Å². The molecule has 0 spiro atoms. The third-order valence-electron chi connectivity index (χ3n) is 5.45. The van der Waals surface area contributed by atoms with E-state index in [1.165, 1.54) is 24.3 Å². The van der Waals surface area contributed by atoms with E-state index in [4.69, 9.17) is 0 Å². The number of fused-ring (bicyclic) bond motifs is 3. The number of benzene rings is 4. The Bertz CT molecular complexity index is 1640. The lowest BCUT2D eigenvalue weighted by atomic mass is 10.1. The van der Waals surface area contributed by atoms with Crippen LogP contribution in [-0.2, 0) is 29.9 Å². The van der Waals surface area contributed by atoms with Gasteiger partial charge >= 0.3 is 0 Å². The fourth-order valence-corrected chi connectivity index (χ4v) is 7.84. The lowest BCUT2D eigenvalue weighted by Gasteiger charge is -2.09. The van der Waals surface area contributed by atoms with Crippen molar-refractivity contribution in [3.8, 4) is 11.1 Å². The number of anilines is 2. The Morgan fingerprint density at radius 2 is 0.886 bits per heavy atom. The predicted molar refractivity (Wildman–Crippen MR) is 132 cm³/mol. The van der Waals surface area contributed by atoms with Crippen LogP contribution < -0.4 is 9.44 Å². The number of sulfonamides is 2. The van der Waals surface area contributed by atoms with Gasteiger partial charge in [-0.2, -0.15) is 0 Å². The van der Waals surface area contributed by atoms with Crippen LogP contribution in [0.4, 0.5) is 11.4 Å². The highest BCUT2D eigenvalue weighted by atomic mass is 32.2. The van der Waals surface area contributed by atoms with Gasteiger partial charge in [0.05, 0.1) is 19.6 Å². The van der Waals surface area contributed by atoms with Gasteiger partial charge in [-0.15, -0.1) is 0 Å². The fourth-order valence-electron chi connectivity index (χ4n) is 3.79. The van der Waals surface area contributed by atoms with Crippen molar-refractivity contribution in [2.24, 2.45) is 0 Å². The van der Waals surface area contributed by atoms with Crippen molar-refractivity contribution in [3.05, 3.63) is 97.1 Å². The second-order valence-electron chi connectivity index (χ2n) is 7.76. The van der Waals surface area contributed by atoms with Crippen LogP contribution in [0, 0.1) is 0 Å². The summed E-state index contributed by atoms with van der Waals surface area (Å²) in [5.74, 6) is 0. The Kier molecular flexibility index (Phi) is 5.42. The van der Waals surface area contributed by atoms with E-state index in [0.717, 1.165) is 12.1 Å². The monoisotopic (exact) mass is 526 g/mol. The summed E-state index contributed by atoms with van der Waals surface area (Å²) in [6.45, 7) is 0. The molecule has 5 rings (SSSR count). The van der Waals surface area contributed by atoms with Crippen LogP contribution in [0.5, 0.6) is 0 Å². The first kappa shape index (κ1) is 23.1. The number of hydrogen-bond donors (Lipinski definition) is 2. The molecule has 0 aromatic heterocycles. The SMILES string of the molecule is O=S(=O)(Nc1ccccc1)c1ccc2c(c1)S(=O)(=O)c1cc(S(=O)(=O)Nc3ccccc3)ccc1-2. The molecule has 178 valence electrons. The van der Waals surface area contributed by atoms with E-state index in [1.54, 1.807) is 60.7 Å². The van der Waals surface area contributed by atoms with Gasteiger partial charge in [0.25, 0.3) is 20.0 Å². The van der Waals surface area contributed by atoms with Crippen LogP contribution in [0.3, 0.4) is 0 Å². The van der Waals surface area contributed by atoms with Crippen molar-refractivity contribution in [1.29, 1.82) is 0 Å². The van der Waals surface area contributed by atoms with Gasteiger partial charge in [0, 0.05) is 22.5 Å². The minimum absolute atomic E-state index is 0.200. The number of para-hydroxylation sites is 2. The normalized spacial score (nSPS) is 14.1. The van der Waals surface area contributed by atoms with Crippen molar-refractivity contribution >= 4 is 41.3 Å². The molecule has 11 heteroatoms. The summed E-state index contributed by atoms with van der Waals surface area (Å²) in [6, 6.07) is 24.1. The Balaban J connectivity index is 1.53. The van der Waals surface area contributed by atoms with E-state index < -0.39 is 29.9 Å². The lowest BCUT2D eigenvalue weighted by molar-refractivity contribution is 0.597. The number of hydrogen-bond acceptors (Lipinski definition) is 6. The van der Waals surface area contributed by atoms with Crippen molar-refractivity contribution in [1.82, 2.24) is 0 Å². The number of nitrogens with one attached hydrogen (secondary N) is 2. The van der Waals surface area contributed by atoms with Gasteiger partial charge in [-0.1, -0.05) is 48.5 Å². The van der Waals surface area contributed by atoms with Gasteiger partial charge in [-0.3, -0.25) is 9.44 Å². The van der Waals surface area contributed by atoms with Crippen LogP contribution in [0.2, 0.25) is 0 Å². The maximum atomic E-state index is 13.3. The first-order valence-corrected chi connectivity index (χ1v) is 14.7. The summed E-state index contributed by atoms with van der Waals surface area (Å²) in [6.07, 6.45) is 0. The fraction of sp³-hybridized carbons (Fsp3) is 0. The highest BCUT2D eigenvalue weighted by Crippen LogP contribution is 2.44. The molecule has 0 amide bonds. The third kappa shape index (κ3) is 4.18. The highest BCUT2D eigenvalue weighted by molar-refractivity contribution is 7.93. The molecule has 2 N–H and O–H groups in total. The molecule has 4 aromatic carbocycles. The molecule has 0 fully saturated rings. The van der Waals surface area contributed by atoms with Crippen LogP contribution >= 0.6 is 0 Å². The van der Waals surface area contributed by atoms with Gasteiger partial charge < -0.3 is 0 Å². The largest absolute Gasteiger partial charge is 0.280 e. The van der Waals surface area contributed by atoms with E-state index in [1.807, 2.05) is 0 Å². The van der Waals surface area contributed by atoms with E-state index >= 15 is 0 Å². The van der Waals surface area contributed by atoms with E-state index in [-0.39, 0.29) is 19.6 Å². The predicted octanol–water partition coefficient (Wildman–Crippen LogP) is 4.10. The van der Waals surface area contributed by atoms with E-state index in [2.05, 4.69) is 9.44 Å². The Morgan fingerprint density at radius 3 is 1.26 bits per heavy atom. The Labute approximate surface area is 203 Å². The van der Waals surface area contributed by atoms with Crippen molar-refractivity contribution < 1.29 is 25.3 Å².